The van der Waals surface area contributed by atoms with E-state index in [9.17, 15) is 9.18 Å². The van der Waals surface area contributed by atoms with Crippen molar-refractivity contribution in [2.24, 2.45) is 0 Å². The molecule has 1 fully saturated rings. The normalized spacial score (nSPS) is 23.8. The molecule has 1 aromatic rings. The van der Waals surface area contributed by atoms with Crippen molar-refractivity contribution in [1.82, 2.24) is 4.90 Å². The number of halogens is 1. The summed E-state index contributed by atoms with van der Waals surface area (Å²) in [6.45, 7) is 5.09. The molecule has 0 aliphatic carbocycles. The maximum absolute atomic E-state index is 12.8. The Morgan fingerprint density at radius 2 is 2.05 bits per heavy atom. The number of hydrogen-bond acceptors (Lipinski definition) is 2. The largest absolute Gasteiger partial charge is 0.375 e. The smallest absolute Gasteiger partial charge is 0.246 e. The van der Waals surface area contributed by atoms with Gasteiger partial charge in [0.1, 0.15) is 5.82 Å². The quantitative estimate of drug-likeness (QED) is 0.767. The Morgan fingerprint density at radius 3 is 2.74 bits per heavy atom. The molecule has 1 saturated heterocycles. The fourth-order valence-electron chi connectivity index (χ4n) is 2.05. The van der Waals surface area contributed by atoms with E-state index in [-0.39, 0.29) is 23.9 Å². The molecule has 0 unspecified atom stereocenters. The van der Waals surface area contributed by atoms with Gasteiger partial charge in [0.15, 0.2) is 0 Å². The van der Waals surface area contributed by atoms with Crippen LogP contribution in [0.15, 0.2) is 30.3 Å². The highest BCUT2D eigenvalue weighted by Gasteiger charge is 2.25. The van der Waals surface area contributed by atoms with Crippen molar-refractivity contribution in [3.8, 4) is 0 Å². The molecule has 2 rings (SSSR count). The average Bonchev–Trinajstić information content (AvgIpc) is 2.40. The van der Waals surface area contributed by atoms with E-state index < -0.39 is 0 Å². The van der Waals surface area contributed by atoms with Gasteiger partial charge in [-0.15, -0.1) is 0 Å². The van der Waals surface area contributed by atoms with Crippen LogP contribution in [0.25, 0.3) is 6.08 Å². The van der Waals surface area contributed by atoms with Crippen LogP contribution in [0.5, 0.6) is 0 Å². The summed E-state index contributed by atoms with van der Waals surface area (Å²) in [6.07, 6.45) is 3.30. The number of morpholine rings is 1. The first kappa shape index (κ1) is 13.7. The van der Waals surface area contributed by atoms with Crippen molar-refractivity contribution in [2.45, 2.75) is 26.0 Å². The van der Waals surface area contributed by atoms with Crippen LogP contribution in [-0.4, -0.2) is 36.1 Å². The fraction of sp³-hybridized carbons (Fsp3) is 0.400. The first-order chi connectivity index (χ1) is 9.06. The van der Waals surface area contributed by atoms with Crippen LogP contribution in [0.3, 0.4) is 0 Å². The lowest BCUT2D eigenvalue weighted by molar-refractivity contribution is -0.137. The van der Waals surface area contributed by atoms with E-state index in [1.54, 1.807) is 23.1 Å². The van der Waals surface area contributed by atoms with Gasteiger partial charge in [-0.05, 0) is 37.6 Å². The molecule has 1 heterocycles. The number of carbonyl (C=O) groups excluding carboxylic acids is 1. The molecule has 102 valence electrons. The number of benzene rings is 1. The predicted molar refractivity (Wildman–Crippen MR) is 72.0 cm³/mol. The SMILES string of the molecule is C[C@@H]1CN(C(=O)/C=C/c2ccc(F)cc2)[C@H](C)CO1. The molecular weight excluding hydrogens is 245 g/mol. The molecule has 2 atom stereocenters. The van der Waals surface area contributed by atoms with Gasteiger partial charge in [0, 0.05) is 12.6 Å². The Labute approximate surface area is 112 Å². The zero-order chi connectivity index (χ0) is 13.8. The standard InChI is InChI=1S/C15H18FNO2/c1-11-10-19-12(2)9-17(11)15(18)8-5-13-3-6-14(16)7-4-13/h3-8,11-12H,9-10H2,1-2H3/b8-5+/t11-,12-/m1/s1. The second-order valence-corrected chi connectivity index (χ2v) is 4.87. The van der Waals surface area contributed by atoms with Gasteiger partial charge in [-0.2, -0.15) is 0 Å². The number of ether oxygens (including phenoxy) is 1. The fourth-order valence-corrected chi connectivity index (χ4v) is 2.05. The summed E-state index contributed by atoms with van der Waals surface area (Å²) in [5, 5.41) is 0. The van der Waals surface area contributed by atoms with Gasteiger partial charge in [-0.25, -0.2) is 4.39 Å². The second-order valence-electron chi connectivity index (χ2n) is 4.87. The number of amides is 1. The lowest BCUT2D eigenvalue weighted by Crippen LogP contribution is -2.49. The molecule has 19 heavy (non-hydrogen) atoms. The van der Waals surface area contributed by atoms with Gasteiger partial charge >= 0.3 is 0 Å². The van der Waals surface area contributed by atoms with Crippen LogP contribution in [0.4, 0.5) is 4.39 Å². The van der Waals surface area contributed by atoms with E-state index in [1.807, 2.05) is 13.8 Å². The number of nitrogens with zero attached hydrogens (tertiary/aromatic N) is 1. The van der Waals surface area contributed by atoms with Gasteiger partial charge in [0.25, 0.3) is 0 Å². The molecule has 1 aliphatic rings. The van der Waals surface area contributed by atoms with Crippen molar-refractivity contribution in [2.75, 3.05) is 13.2 Å². The summed E-state index contributed by atoms with van der Waals surface area (Å²) in [6, 6.07) is 6.13. The molecular formula is C15H18FNO2. The van der Waals surface area contributed by atoms with E-state index in [4.69, 9.17) is 4.74 Å². The van der Waals surface area contributed by atoms with Crippen LogP contribution >= 0.6 is 0 Å². The van der Waals surface area contributed by atoms with Gasteiger partial charge in [-0.3, -0.25) is 4.79 Å². The van der Waals surface area contributed by atoms with Crippen LogP contribution in [0.2, 0.25) is 0 Å². The zero-order valence-corrected chi connectivity index (χ0v) is 11.2. The van der Waals surface area contributed by atoms with Gasteiger partial charge in [-0.1, -0.05) is 12.1 Å². The topological polar surface area (TPSA) is 29.5 Å². The molecule has 4 heteroatoms. The molecule has 0 aromatic heterocycles. The third-order valence-corrected chi connectivity index (χ3v) is 3.18. The third-order valence-electron chi connectivity index (χ3n) is 3.18. The highest BCUT2D eigenvalue weighted by Crippen LogP contribution is 2.12. The number of carbonyl (C=O) groups is 1. The lowest BCUT2D eigenvalue weighted by Gasteiger charge is -2.36. The van der Waals surface area contributed by atoms with Crippen molar-refractivity contribution in [1.29, 1.82) is 0 Å². The Balaban J connectivity index is 2.01. The Morgan fingerprint density at radius 1 is 1.37 bits per heavy atom. The molecule has 0 radical (unpaired) electrons. The predicted octanol–water partition coefficient (Wildman–Crippen LogP) is 2.47. The Kier molecular flexibility index (Phi) is 4.32. The van der Waals surface area contributed by atoms with Crippen LogP contribution in [-0.2, 0) is 9.53 Å². The summed E-state index contributed by atoms with van der Waals surface area (Å²) >= 11 is 0. The van der Waals surface area contributed by atoms with E-state index >= 15 is 0 Å². The Bertz CT molecular complexity index is 470. The first-order valence-corrected chi connectivity index (χ1v) is 6.42. The Hall–Kier alpha value is -1.68. The number of hydrogen-bond donors (Lipinski definition) is 0. The monoisotopic (exact) mass is 263 g/mol. The summed E-state index contributed by atoms with van der Waals surface area (Å²) in [7, 11) is 0. The summed E-state index contributed by atoms with van der Waals surface area (Å²) in [5.41, 5.74) is 0.809. The zero-order valence-electron chi connectivity index (χ0n) is 11.2. The van der Waals surface area contributed by atoms with Crippen molar-refractivity contribution in [3.63, 3.8) is 0 Å². The minimum atomic E-state index is -0.279. The van der Waals surface area contributed by atoms with Gasteiger partial charge < -0.3 is 9.64 Å². The molecule has 1 aliphatic heterocycles. The van der Waals surface area contributed by atoms with Gasteiger partial charge in [0.2, 0.25) is 5.91 Å². The van der Waals surface area contributed by atoms with Crippen molar-refractivity contribution in [3.05, 3.63) is 41.7 Å². The van der Waals surface area contributed by atoms with Crippen LogP contribution in [0.1, 0.15) is 19.4 Å². The molecule has 3 nitrogen and oxygen atoms in total. The summed E-state index contributed by atoms with van der Waals surface area (Å²) in [5.74, 6) is -0.314. The van der Waals surface area contributed by atoms with Crippen LogP contribution in [0, 0.1) is 5.82 Å². The van der Waals surface area contributed by atoms with E-state index in [0.29, 0.717) is 13.2 Å². The van der Waals surface area contributed by atoms with Crippen molar-refractivity contribution >= 4 is 12.0 Å². The molecule has 0 spiro atoms. The molecule has 0 saturated carbocycles. The van der Waals surface area contributed by atoms with E-state index in [1.165, 1.54) is 18.2 Å². The minimum Gasteiger partial charge on any atom is -0.375 e. The molecule has 0 bridgehead atoms. The highest BCUT2D eigenvalue weighted by molar-refractivity contribution is 5.92. The average molecular weight is 263 g/mol. The number of rotatable bonds is 2. The van der Waals surface area contributed by atoms with E-state index in [2.05, 4.69) is 0 Å². The highest BCUT2D eigenvalue weighted by atomic mass is 19.1. The van der Waals surface area contributed by atoms with Crippen molar-refractivity contribution < 1.29 is 13.9 Å². The van der Waals surface area contributed by atoms with Crippen LogP contribution < -0.4 is 0 Å². The molecule has 1 aromatic carbocycles. The van der Waals surface area contributed by atoms with E-state index in [0.717, 1.165) is 5.56 Å². The second kappa shape index (κ2) is 5.97. The maximum Gasteiger partial charge on any atom is 0.246 e. The summed E-state index contributed by atoms with van der Waals surface area (Å²) < 4.78 is 18.2. The lowest BCUT2D eigenvalue weighted by atomic mass is 10.1. The maximum atomic E-state index is 12.8. The summed E-state index contributed by atoms with van der Waals surface area (Å²) in [4.78, 5) is 13.9. The minimum absolute atomic E-state index is 0.0352. The molecule has 0 N–H and O–H groups in total. The molecule has 1 amide bonds. The van der Waals surface area contributed by atoms with Gasteiger partial charge in [0.05, 0.1) is 18.8 Å². The third kappa shape index (κ3) is 3.64. The first-order valence-electron chi connectivity index (χ1n) is 6.42.